The summed E-state index contributed by atoms with van der Waals surface area (Å²) in [5, 5.41) is 12.2. The fraction of sp³-hybridized carbons (Fsp3) is 0.619. The first kappa shape index (κ1) is 19.5. The first-order valence-corrected chi connectivity index (χ1v) is 10.0. The highest BCUT2D eigenvalue weighted by Gasteiger charge is 2.42. The molecule has 146 valence electrons. The number of carbonyl (C=O) groups is 1. The number of primary amides is 1. The van der Waals surface area contributed by atoms with Crippen LogP contribution in [0.1, 0.15) is 31.2 Å². The van der Waals surface area contributed by atoms with Crippen molar-refractivity contribution in [2.75, 3.05) is 45.1 Å². The minimum atomic E-state index is -0.253. The van der Waals surface area contributed by atoms with Crippen molar-refractivity contribution in [3.05, 3.63) is 29.8 Å². The molecule has 6 nitrogen and oxygen atoms in total. The van der Waals surface area contributed by atoms with Gasteiger partial charge in [-0.05, 0) is 87.8 Å². The number of nitrogens with one attached hydrogen (secondary N) is 1. The Morgan fingerprint density at radius 2 is 1.93 bits per heavy atom. The summed E-state index contributed by atoms with van der Waals surface area (Å²) in [5.41, 5.74) is 7.23. The maximum absolute atomic E-state index is 11.4. The summed E-state index contributed by atoms with van der Waals surface area (Å²) in [6.07, 6.45) is 4.81. The lowest BCUT2D eigenvalue weighted by molar-refractivity contribution is 0.116. The second-order valence-corrected chi connectivity index (χ2v) is 8.07. The fourth-order valence-electron chi connectivity index (χ4n) is 4.71. The molecule has 0 aromatic heterocycles. The molecule has 2 amide bonds. The predicted molar refractivity (Wildman–Crippen MR) is 107 cm³/mol. The number of hydrogen-bond donors (Lipinski definition) is 2. The maximum atomic E-state index is 11.4. The minimum Gasteiger partial charge on any atom is -0.385 e. The second-order valence-electron chi connectivity index (χ2n) is 8.07. The molecule has 0 radical (unpaired) electrons. The van der Waals surface area contributed by atoms with Gasteiger partial charge in [-0.3, -0.25) is 0 Å². The van der Waals surface area contributed by atoms with Gasteiger partial charge in [-0.2, -0.15) is 5.26 Å². The predicted octanol–water partition coefficient (Wildman–Crippen LogP) is 2.72. The average molecular weight is 370 g/mol. The molecule has 1 saturated heterocycles. The summed E-state index contributed by atoms with van der Waals surface area (Å²) in [7, 11) is 2.20. The molecule has 1 heterocycles. The number of carbonyl (C=O) groups excluding carboxylic acids is 1. The van der Waals surface area contributed by atoms with Crippen LogP contribution >= 0.6 is 0 Å². The number of likely N-dealkylation sites (tertiary alicyclic amines) is 1. The van der Waals surface area contributed by atoms with Crippen LogP contribution in [0.15, 0.2) is 24.3 Å². The van der Waals surface area contributed by atoms with Gasteiger partial charge in [-0.1, -0.05) is 0 Å². The van der Waals surface area contributed by atoms with Crippen LogP contribution in [0, 0.1) is 29.1 Å². The standard InChI is InChI=1S/C21H31N5O/c1-25(11-2-10-24-19-7-3-16(13-22)4-8-19)12-9-20-17-5-6-18(20)15-26(14-17)21(23)27/h3-4,7-8,17-18,20,24H,2,5-6,9-12,14-15H2,1H3,(H2,23,27). The molecule has 3 N–H and O–H groups in total. The van der Waals surface area contributed by atoms with Gasteiger partial charge in [0.25, 0.3) is 0 Å². The van der Waals surface area contributed by atoms with Crippen LogP contribution in [0.5, 0.6) is 0 Å². The number of hydrogen-bond acceptors (Lipinski definition) is 4. The van der Waals surface area contributed by atoms with Gasteiger partial charge in [0.05, 0.1) is 11.6 Å². The summed E-state index contributed by atoms with van der Waals surface area (Å²) in [6.45, 7) is 4.83. The van der Waals surface area contributed by atoms with E-state index in [-0.39, 0.29) is 6.03 Å². The fourth-order valence-corrected chi connectivity index (χ4v) is 4.71. The van der Waals surface area contributed by atoms with E-state index in [1.807, 2.05) is 29.2 Å². The van der Waals surface area contributed by atoms with E-state index in [2.05, 4.69) is 23.3 Å². The zero-order valence-corrected chi connectivity index (χ0v) is 16.2. The van der Waals surface area contributed by atoms with Gasteiger partial charge in [0.2, 0.25) is 0 Å². The molecule has 2 aliphatic rings. The van der Waals surface area contributed by atoms with Crippen molar-refractivity contribution >= 4 is 11.7 Å². The van der Waals surface area contributed by atoms with Gasteiger partial charge in [0.1, 0.15) is 0 Å². The van der Waals surface area contributed by atoms with Crippen molar-refractivity contribution < 1.29 is 4.79 Å². The van der Waals surface area contributed by atoms with Gasteiger partial charge in [0, 0.05) is 25.3 Å². The van der Waals surface area contributed by atoms with Crippen LogP contribution in [0.25, 0.3) is 0 Å². The van der Waals surface area contributed by atoms with E-state index in [9.17, 15) is 4.79 Å². The highest BCUT2D eigenvalue weighted by molar-refractivity contribution is 5.72. The first-order chi connectivity index (χ1) is 13.1. The zero-order valence-electron chi connectivity index (χ0n) is 16.2. The van der Waals surface area contributed by atoms with Crippen LogP contribution in [0.2, 0.25) is 0 Å². The summed E-state index contributed by atoms with van der Waals surface area (Å²) in [5.74, 6) is 2.03. The Bertz CT molecular complexity index is 654. The molecular weight excluding hydrogens is 338 g/mol. The smallest absolute Gasteiger partial charge is 0.314 e. The van der Waals surface area contributed by atoms with Gasteiger partial charge in [-0.25, -0.2) is 4.79 Å². The van der Waals surface area contributed by atoms with Crippen LogP contribution in [0.4, 0.5) is 10.5 Å². The Balaban J connectivity index is 1.32. The lowest BCUT2D eigenvalue weighted by atomic mass is 9.82. The number of fused-ring (bicyclic) bond motifs is 2. The number of nitrogens with two attached hydrogens (primary N) is 1. The summed E-state index contributed by atoms with van der Waals surface area (Å²) < 4.78 is 0. The first-order valence-electron chi connectivity index (χ1n) is 10.0. The molecule has 2 atom stereocenters. The van der Waals surface area contributed by atoms with Gasteiger partial charge in [0.15, 0.2) is 0 Å². The number of nitrogens with zero attached hydrogens (tertiary/aromatic N) is 3. The molecule has 2 bridgehead atoms. The van der Waals surface area contributed by atoms with Crippen LogP contribution in [0.3, 0.4) is 0 Å². The van der Waals surface area contributed by atoms with E-state index in [0.717, 1.165) is 50.7 Å². The molecule has 1 saturated carbocycles. The van der Waals surface area contributed by atoms with Crippen LogP contribution in [-0.2, 0) is 0 Å². The SMILES string of the molecule is CN(CCCNc1ccc(C#N)cc1)CCC1C2CCC1CN(C(N)=O)C2. The molecule has 1 aliphatic carbocycles. The Labute approximate surface area is 162 Å². The van der Waals surface area contributed by atoms with Gasteiger partial charge < -0.3 is 20.9 Å². The Kier molecular flexibility index (Phi) is 6.57. The summed E-state index contributed by atoms with van der Waals surface area (Å²) in [6, 6.07) is 9.47. The number of amides is 2. The molecule has 27 heavy (non-hydrogen) atoms. The highest BCUT2D eigenvalue weighted by atomic mass is 16.2. The van der Waals surface area contributed by atoms with E-state index in [4.69, 9.17) is 11.0 Å². The lowest BCUT2D eigenvalue weighted by Crippen LogP contribution is -2.47. The normalized spacial score (nSPS) is 24.0. The van der Waals surface area contributed by atoms with Gasteiger partial charge >= 0.3 is 6.03 Å². The molecule has 0 spiro atoms. The van der Waals surface area contributed by atoms with Gasteiger partial charge in [-0.15, -0.1) is 0 Å². The van der Waals surface area contributed by atoms with Crippen molar-refractivity contribution in [2.24, 2.45) is 23.5 Å². The molecule has 2 unspecified atom stereocenters. The van der Waals surface area contributed by atoms with Crippen molar-refractivity contribution in [3.8, 4) is 6.07 Å². The number of piperidine rings is 1. The quantitative estimate of drug-likeness (QED) is 0.690. The van der Waals surface area contributed by atoms with E-state index in [0.29, 0.717) is 17.4 Å². The third-order valence-electron chi connectivity index (χ3n) is 6.24. The Hall–Kier alpha value is -2.26. The van der Waals surface area contributed by atoms with Crippen molar-refractivity contribution in [1.29, 1.82) is 5.26 Å². The third kappa shape index (κ3) is 5.14. The molecule has 6 heteroatoms. The monoisotopic (exact) mass is 369 g/mol. The zero-order chi connectivity index (χ0) is 19.2. The summed E-state index contributed by atoms with van der Waals surface area (Å²) in [4.78, 5) is 15.7. The van der Waals surface area contributed by atoms with Crippen molar-refractivity contribution in [3.63, 3.8) is 0 Å². The van der Waals surface area contributed by atoms with E-state index in [1.54, 1.807) is 0 Å². The molecule has 1 aromatic carbocycles. The Morgan fingerprint density at radius 1 is 1.26 bits per heavy atom. The topological polar surface area (TPSA) is 85.4 Å². The number of anilines is 1. The minimum absolute atomic E-state index is 0.253. The molecule has 3 rings (SSSR count). The van der Waals surface area contributed by atoms with E-state index in [1.165, 1.54) is 19.3 Å². The van der Waals surface area contributed by atoms with Crippen molar-refractivity contribution in [1.82, 2.24) is 9.80 Å². The maximum Gasteiger partial charge on any atom is 0.314 e. The average Bonchev–Trinajstić information content (AvgIpc) is 2.90. The second kappa shape index (κ2) is 9.09. The lowest BCUT2D eigenvalue weighted by Gasteiger charge is -2.37. The number of urea groups is 1. The Morgan fingerprint density at radius 3 is 2.52 bits per heavy atom. The number of rotatable bonds is 8. The molecule has 1 aliphatic heterocycles. The largest absolute Gasteiger partial charge is 0.385 e. The molecule has 1 aromatic rings. The molecule has 2 fully saturated rings. The van der Waals surface area contributed by atoms with Crippen LogP contribution in [-0.4, -0.2) is 55.6 Å². The number of nitriles is 1. The highest BCUT2D eigenvalue weighted by Crippen LogP contribution is 2.43. The van der Waals surface area contributed by atoms with E-state index >= 15 is 0 Å². The number of benzene rings is 1. The van der Waals surface area contributed by atoms with E-state index < -0.39 is 0 Å². The third-order valence-corrected chi connectivity index (χ3v) is 6.24. The summed E-state index contributed by atoms with van der Waals surface area (Å²) >= 11 is 0. The molecular formula is C21H31N5O. The van der Waals surface area contributed by atoms with Crippen molar-refractivity contribution in [2.45, 2.75) is 25.7 Å². The van der Waals surface area contributed by atoms with Crippen LogP contribution < -0.4 is 11.1 Å².